The van der Waals surface area contributed by atoms with E-state index in [0.717, 1.165) is 6.07 Å². The number of aromatic nitrogens is 2. The molecule has 130 valence electrons. The van der Waals surface area contributed by atoms with Crippen molar-refractivity contribution in [3.63, 3.8) is 0 Å². The van der Waals surface area contributed by atoms with Crippen LogP contribution < -0.4 is 5.32 Å². The Hall–Kier alpha value is -2.67. The molecule has 0 saturated heterocycles. The zero-order valence-corrected chi connectivity index (χ0v) is 12.0. The van der Waals surface area contributed by atoms with Gasteiger partial charge in [-0.15, -0.1) is 0 Å². The number of nitrogens with one attached hydrogen (secondary N) is 1. The lowest BCUT2D eigenvalue weighted by Gasteiger charge is -2.26. The number of aliphatic hydroxyl groups excluding tert-OH is 4. The fraction of sp³-hybridized carbons (Fsp3) is 0.417. The maximum Gasteiger partial charge on any atom is 0.300 e. The maximum absolute atomic E-state index is 10.9. The number of anilines is 1. The Labute approximate surface area is 133 Å². The average molecular weight is 342 g/mol. The molecular formula is C12H14N4O8. The van der Waals surface area contributed by atoms with Crippen molar-refractivity contribution in [2.45, 2.75) is 31.0 Å². The lowest BCUT2D eigenvalue weighted by Crippen LogP contribution is -2.47. The predicted molar refractivity (Wildman–Crippen MR) is 76.8 cm³/mol. The van der Waals surface area contributed by atoms with Gasteiger partial charge in [0.1, 0.15) is 18.5 Å². The second-order valence-electron chi connectivity index (χ2n) is 4.89. The van der Waals surface area contributed by atoms with Crippen LogP contribution in [0, 0.1) is 10.1 Å². The Morgan fingerprint density at radius 2 is 1.88 bits per heavy atom. The summed E-state index contributed by atoms with van der Waals surface area (Å²) in [4.78, 5) is 20.5. The third kappa shape index (κ3) is 3.46. The Bertz CT molecular complexity index is 735. The number of carbonyl (C=O) groups excluding carboxylic acids is 1. The summed E-state index contributed by atoms with van der Waals surface area (Å²) in [5.74, 6) is 0. The van der Waals surface area contributed by atoms with Crippen LogP contribution in [0.2, 0.25) is 0 Å². The summed E-state index contributed by atoms with van der Waals surface area (Å²) in [6, 6.07) is 2.29. The predicted octanol–water partition coefficient (Wildman–Crippen LogP) is -1.47. The van der Waals surface area contributed by atoms with E-state index in [1.165, 1.54) is 6.07 Å². The number of nitro groups is 1. The molecular weight excluding hydrogens is 328 g/mol. The van der Waals surface area contributed by atoms with E-state index in [4.69, 9.17) is 0 Å². The van der Waals surface area contributed by atoms with Crippen LogP contribution in [0.1, 0.15) is 6.42 Å². The summed E-state index contributed by atoms with van der Waals surface area (Å²) < 4.78 is 4.44. The van der Waals surface area contributed by atoms with Crippen LogP contribution in [0.5, 0.6) is 0 Å². The molecule has 4 atom stereocenters. The molecule has 1 aromatic heterocycles. The number of rotatable bonds is 8. The molecule has 2 aromatic rings. The summed E-state index contributed by atoms with van der Waals surface area (Å²) in [5.41, 5.74) is -0.569. The molecule has 0 fully saturated rings. The molecule has 12 heteroatoms. The van der Waals surface area contributed by atoms with Crippen LogP contribution in [0.4, 0.5) is 11.4 Å². The van der Waals surface area contributed by atoms with Gasteiger partial charge in [0, 0.05) is 12.5 Å². The Balaban J connectivity index is 2.20. The van der Waals surface area contributed by atoms with Crippen molar-refractivity contribution in [2.24, 2.45) is 0 Å². The molecule has 1 unspecified atom stereocenters. The fourth-order valence-electron chi connectivity index (χ4n) is 2.01. The summed E-state index contributed by atoms with van der Waals surface area (Å²) in [6.07, 6.45) is -7.09. The van der Waals surface area contributed by atoms with Gasteiger partial charge in [0.05, 0.1) is 16.7 Å². The van der Waals surface area contributed by atoms with Crippen molar-refractivity contribution in [3.8, 4) is 0 Å². The average Bonchev–Trinajstić information content (AvgIpc) is 3.03. The van der Waals surface area contributed by atoms with Gasteiger partial charge in [-0.25, -0.2) is 4.63 Å². The van der Waals surface area contributed by atoms with E-state index in [1.807, 2.05) is 0 Å². The molecule has 1 heterocycles. The third-order valence-electron chi connectivity index (χ3n) is 3.30. The van der Waals surface area contributed by atoms with Crippen molar-refractivity contribution in [3.05, 3.63) is 22.2 Å². The molecule has 0 spiro atoms. The normalized spacial score (nSPS) is 16.3. The molecule has 0 aliphatic carbocycles. The molecule has 0 saturated carbocycles. The minimum absolute atomic E-state index is 0.0421. The van der Waals surface area contributed by atoms with E-state index < -0.39 is 35.9 Å². The molecule has 0 radical (unpaired) electrons. The summed E-state index contributed by atoms with van der Waals surface area (Å²) in [5, 5.41) is 58.9. The summed E-state index contributed by atoms with van der Waals surface area (Å²) in [6.45, 7) is 0. The van der Waals surface area contributed by atoms with Gasteiger partial charge in [0.2, 0.25) is 5.52 Å². The Morgan fingerprint density at radius 3 is 2.50 bits per heavy atom. The SMILES string of the molecule is O=CC[C@@H](O)[C@H](O)[C@H](O)C(O)Nc1ccc([N+](=O)[O-])c2nonc12. The molecule has 0 bridgehead atoms. The van der Waals surface area contributed by atoms with Crippen LogP contribution in [0.3, 0.4) is 0 Å². The van der Waals surface area contributed by atoms with E-state index in [1.54, 1.807) is 0 Å². The van der Waals surface area contributed by atoms with Gasteiger partial charge < -0.3 is 30.5 Å². The zero-order valence-electron chi connectivity index (χ0n) is 12.0. The van der Waals surface area contributed by atoms with Gasteiger partial charge >= 0.3 is 5.69 Å². The number of hydrogen-bond acceptors (Lipinski definition) is 11. The molecule has 2 rings (SSSR count). The van der Waals surface area contributed by atoms with Crippen LogP contribution in [0.15, 0.2) is 16.8 Å². The van der Waals surface area contributed by atoms with Crippen molar-refractivity contribution >= 4 is 28.7 Å². The van der Waals surface area contributed by atoms with E-state index >= 15 is 0 Å². The Kier molecular flexibility index (Phi) is 5.35. The number of nitrogens with zero attached hydrogens (tertiary/aromatic N) is 3. The van der Waals surface area contributed by atoms with Crippen LogP contribution in [-0.2, 0) is 4.79 Å². The topological polar surface area (TPSA) is 192 Å². The number of aliphatic hydroxyl groups is 4. The zero-order chi connectivity index (χ0) is 17.9. The first kappa shape index (κ1) is 17.7. The standard InChI is InChI=1S/C12H14N4O8/c17-4-3-7(18)10(19)11(20)12(21)13-5-1-2-6(16(22)23)9-8(5)14-24-15-9/h1-2,4,7,10-13,18-21H,3H2/t7-,10+,11+,12?/m1/s1. The molecule has 1 aromatic carbocycles. The van der Waals surface area contributed by atoms with Crippen LogP contribution in [-0.4, -0.2) is 66.5 Å². The van der Waals surface area contributed by atoms with E-state index in [0.29, 0.717) is 6.29 Å². The van der Waals surface area contributed by atoms with Crippen LogP contribution in [0.25, 0.3) is 11.0 Å². The Morgan fingerprint density at radius 1 is 1.21 bits per heavy atom. The number of carbonyl (C=O) groups is 1. The highest BCUT2D eigenvalue weighted by Crippen LogP contribution is 2.29. The smallest absolute Gasteiger partial charge is 0.300 e. The monoisotopic (exact) mass is 342 g/mol. The molecule has 0 amide bonds. The van der Waals surface area contributed by atoms with Crippen LogP contribution >= 0.6 is 0 Å². The maximum atomic E-state index is 10.9. The first-order valence-electron chi connectivity index (χ1n) is 6.69. The number of hydrogen-bond donors (Lipinski definition) is 5. The molecule has 0 aliphatic heterocycles. The molecule has 5 N–H and O–H groups in total. The molecule has 0 aliphatic rings. The molecule has 24 heavy (non-hydrogen) atoms. The van der Waals surface area contributed by atoms with Gasteiger partial charge in [-0.2, -0.15) is 0 Å². The highest BCUT2D eigenvalue weighted by Gasteiger charge is 2.31. The highest BCUT2D eigenvalue weighted by atomic mass is 16.6. The number of benzene rings is 1. The van der Waals surface area contributed by atoms with Gasteiger partial charge in [-0.3, -0.25) is 10.1 Å². The second-order valence-corrected chi connectivity index (χ2v) is 4.89. The largest absolute Gasteiger partial charge is 0.390 e. The van der Waals surface area contributed by atoms with E-state index in [2.05, 4.69) is 20.3 Å². The summed E-state index contributed by atoms with van der Waals surface area (Å²) in [7, 11) is 0. The van der Waals surface area contributed by atoms with Gasteiger partial charge in [0.25, 0.3) is 0 Å². The van der Waals surface area contributed by atoms with Gasteiger partial charge in [-0.05, 0) is 16.4 Å². The number of non-ortho nitro benzene ring substituents is 1. The van der Waals surface area contributed by atoms with Gasteiger partial charge in [0.15, 0.2) is 11.7 Å². The highest BCUT2D eigenvalue weighted by molar-refractivity contribution is 5.93. The lowest BCUT2D eigenvalue weighted by molar-refractivity contribution is -0.383. The first-order valence-corrected chi connectivity index (χ1v) is 6.69. The number of fused-ring (bicyclic) bond motifs is 1. The van der Waals surface area contributed by atoms with Crippen molar-refractivity contribution < 1.29 is 34.8 Å². The van der Waals surface area contributed by atoms with Crippen molar-refractivity contribution in [1.82, 2.24) is 10.3 Å². The van der Waals surface area contributed by atoms with Crippen molar-refractivity contribution in [1.29, 1.82) is 0 Å². The quantitative estimate of drug-likeness (QED) is 0.163. The third-order valence-corrected chi connectivity index (χ3v) is 3.30. The van der Waals surface area contributed by atoms with E-state index in [-0.39, 0.29) is 22.4 Å². The first-order chi connectivity index (χ1) is 11.4. The van der Waals surface area contributed by atoms with Crippen molar-refractivity contribution in [2.75, 3.05) is 5.32 Å². The number of aldehydes is 1. The minimum Gasteiger partial charge on any atom is -0.390 e. The fourth-order valence-corrected chi connectivity index (χ4v) is 2.01. The lowest BCUT2D eigenvalue weighted by atomic mass is 10.0. The molecule has 12 nitrogen and oxygen atoms in total. The summed E-state index contributed by atoms with van der Waals surface area (Å²) >= 11 is 0. The minimum atomic E-state index is -1.86. The second kappa shape index (κ2) is 7.27. The van der Waals surface area contributed by atoms with Gasteiger partial charge in [-0.1, -0.05) is 0 Å². The van der Waals surface area contributed by atoms with E-state index in [9.17, 15) is 35.3 Å². The number of nitro benzene ring substituents is 1.